The molecular weight excluding hydrogens is 302 g/mol. The lowest BCUT2D eigenvalue weighted by Crippen LogP contribution is -2.47. The zero-order valence-corrected chi connectivity index (χ0v) is 11.4. The minimum atomic E-state index is -4.75. The molecule has 1 fully saturated rings. The van der Waals surface area contributed by atoms with Gasteiger partial charge in [0.25, 0.3) is 5.91 Å². The van der Waals surface area contributed by atoms with Crippen LogP contribution in [0.25, 0.3) is 0 Å². The van der Waals surface area contributed by atoms with Gasteiger partial charge in [0.15, 0.2) is 0 Å². The van der Waals surface area contributed by atoms with E-state index >= 15 is 0 Å². The fourth-order valence-electron chi connectivity index (χ4n) is 2.72. The Hall–Kier alpha value is -1.96. The summed E-state index contributed by atoms with van der Waals surface area (Å²) in [6, 6.07) is 2.53. The second-order valence-electron chi connectivity index (χ2n) is 5.39. The van der Waals surface area contributed by atoms with Gasteiger partial charge < -0.3 is 10.6 Å². The first-order valence-electron chi connectivity index (χ1n) is 6.81. The van der Waals surface area contributed by atoms with Gasteiger partial charge in [0.1, 0.15) is 17.2 Å². The normalized spacial score (nSPS) is 20.9. The number of amidine groups is 1. The number of piperidine rings is 1. The lowest BCUT2D eigenvalue weighted by molar-refractivity contribution is -0.140. The third-order valence-corrected chi connectivity index (χ3v) is 3.96. The third kappa shape index (κ3) is 2.47. The number of benzene rings is 1. The van der Waals surface area contributed by atoms with Gasteiger partial charge in [-0.3, -0.25) is 9.79 Å². The van der Waals surface area contributed by atoms with Crippen molar-refractivity contribution < 1.29 is 22.4 Å². The number of aliphatic imine (C=N–C) groups is 1. The molecule has 8 heteroatoms. The summed E-state index contributed by atoms with van der Waals surface area (Å²) in [5, 5.41) is 5.66. The second kappa shape index (κ2) is 5.05. The van der Waals surface area contributed by atoms with Crippen LogP contribution in [0.3, 0.4) is 0 Å². The van der Waals surface area contributed by atoms with Crippen molar-refractivity contribution in [3.05, 3.63) is 35.1 Å². The summed E-state index contributed by atoms with van der Waals surface area (Å²) in [5.41, 5.74) is -2.09. The molecule has 2 heterocycles. The number of carbonyl (C=O) groups excluding carboxylic acids is 1. The number of carbonyl (C=O) groups is 1. The minimum absolute atomic E-state index is 0.125. The van der Waals surface area contributed by atoms with Crippen molar-refractivity contribution in [2.75, 3.05) is 13.1 Å². The predicted molar refractivity (Wildman–Crippen MR) is 70.9 cm³/mol. The average Bonchev–Trinajstić information content (AvgIpc) is 2.75. The summed E-state index contributed by atoms with van der Waals surface area (Å²) in [7, 11) is 0. The predicted octanol–water partition coefficient (Wildman–Crippen LogP) is 1.84. The maximum absolute atomic E-state index is 13.6. The van der Waals surface area contributed by atoms with E-state index in [1.165, 1.54) is 0 Å². The molecule has 22 heavy (non-hydrogen) atoms. The third-order valence-electron chi connectivity index (χ3n) is 3.96. The summed E-state index contributed by atoms with van der Waals surface area (Å²) in [6.45, 7) is 1.26. The largest absolute Gasteiger partial charge is 0.419 e. The molecule has 2 N–H and O–H groups in total. The van der Waals surface area contributed by atoms with Crippen LogP contribution >= 0.6 is 0 Å². The molecule has 0 saturated carbocycles. The van der Waals surface area contributed by atoms with E-state index in [1.807, 2.05) is 0 Å². The molecule has 1 amide bonds. The van der Waals surface area contributed by atoms with E-state index in [1.54, 1.807) is 0 Å². The van der Waals surface area contributed by atoms with E-state index in [0.717, 1.165) is 12.1 Å². The Morgan fingerprint density at radius 2 is 1.86 bits per heavy atom. The van der Waals surface area contributed by atoms with Gasteiger partial charge in [-0.25, -0.2) is 4.39 Å². The van der Waals surface area contributed by atoms with Crippen molar-refractivity contribution in [1.82, 2.24) is 10.6 Å². The fourth-order valence-corrected chi connectivity index (χ4v) is 2.72. The number of nitrogens with one attached hydrogen (secondary N) is 2. The minimum Gasteiger partial charge on any atom is -0.317 e. The number of hydrogen-bond acceptors (Lipinski definition) is 3. The van der Waals surface area contributed by atoms with E-state index in [0.29, 0.717) is 32.0 Å². The molecule has 4 nitrogen and oxygen atoms in total. The Labute approximate surface area is 123 Å². The molecule has 1 saturated heterocycles. The van der Waals surface area contributed by atoms with Crippen LogP contribution < -0.4 is 10.6 Å². The van der Waals surface area contributed by atoms with Crippen LogP contribution in [0.4, 0.5) is 17.6 Å². The first-order valence-corrected chi connectivity index (χ1v) is 6.81. The Bertz CT molecular complexity index is 648. The van der Waals surface area contributed by atoms with Crippen molar-refractivity contribution >= 4 is 11.7 Å². The first-order chi connectivity index (χ1) is 10.3. The van der Waals surface area contributed by atoms with E-state index in [4.69, 9.17) is 0 Å². The number of alkyl halides is 3. The molecule has 1 spiro atoms. The number of rotatable bonds is 1. The smallest absolute Gasteiger partial charge is 0.317 e. The highest BCUT2D eigenvalue weighted by Gasteiger charge is 2.44. The molecular formula is C14H13F4N3O. The maximum Gasteiger partial charge on any atom is 0.419 e. The summed E-state index contributed by atoms with van der Waals surface area (Å²) >= 11 is 0. The molecule has 2 aliphatic rings. The van der Waals surface area contributed by atoms with E-state index in [2.05, 4.69) is 15.6 Å². The summed E-state index contributed by atoms with van der Waals surface area (Å²) in [4.78, 5) is 16.5. The topological polar surface area (TPSA) is 53.5 Å². The summed E-state index contributed by atoms with van der Waals surface area (Å²) in [6.07, 6.45) is -3.74. The first kappa shape index (κ1) is 15.0. The maximum atomic E-state index is 13.6. The Morgan fingerprint density at radius 3 is 2.45 bits per heavy atom. The molecule has 0 aromatic heterocycles. The molecule has 0 unspecified atom stereocenters. The van der Waals surface area contributed by atoms with Gasteiger partial charge in [0.05, 0.1) is 5.56 Å². The lowest BCUT2D eigenvalue weighted by atomic mass is 9.89. The van der Waals surface area contributed by atoms with Crippen molar-refractivity contribution in [2.45, 2.75) is 24.6 Å². The molecule has 0 radical (unpaired) electrons. The van der Waals surface area contributed by atoms with Gasteiger partial charge in [-0.2, -0.15) is 13.2 Å². The van der Waals surface area contributed by atoms with Crippen molar-refractivity contribution in [3.8, 4) is 0 Å². The number of hydrogen-bond donors (Lipinski definition) is 2. The van der Waals surface area contributed by atoms with Gasteiger partial charge in [-0.05, 0) is 38.1 Å². The van der Waals surface area contributed by atoms with E-state index in [-0.39, 0.29) is 17.3 Å². The molecule has 0 aliphatic carbocycles. The zero-order chi connectivity index (χ0) is 16.0. The molecule has 2 aliphatic heterocycles. The molecule has 0 atom stereocenters. The van der Waals surface area contributed by atoms with Gasteiger partial charge in [0.2, 0.25) is 0 Å². The van der Waals surface area contributed by atoms with Crippen molar-refractivity contribution in [1.29, 1.82) is 0 Å². The van der Waals surface area contributed by atoms with Crippen molar-refractivity contribution in [3.63, 3.8) is 0 Å². The lowest BCUT2D eigenvalue weighted by Gasteiger charge is -2.28. The van der Waals surface area contributed by atoms with Gasteiger partial charge in [-0.1, -0.05) is 6.07 Å². The number of halogens is 4. The molecule has 1 aromatic carbocycles. The number of amides is 1. The van der Waals surface area contributed by atoms with Gasteiger partial charge in [0, 0.05) is 5.56 Å². The van der Waals surface area contributed by atoms with Gasteiger partial charge in [-0.15, -0.1) is 0 Å². The Morgan fingerprint density at radius 1 is 1.18 bits per heavy atom. The molecule has 3 rings (SSSR count). The highest BCUT2D eigenvalue weighted by Crippen LogP contribution is 2.33. The zero-order valence-electron chi connectivity index (χ0n) is 11.4. The van der Waals surface area contributed by atoms with Crippen LogP contribution in [0.5, 0.6) is 0 Å². The summed E-state index contributed by atoms with van der Waals surface area (Å²) in [5.74, 6) is -1.54. The molecule has 1 aromatic rings. The van der Waals surface area contributed by atoms with E-state index < -0.39 is 23.1 Å². The van der Waals surface area contributed by atoms with Crippen LogP contribution in [0, 0.1) is 5.82 Å². The van der Waals surface area contributed by atoms with Crippen LogP contribution in [-0.4, -0.2) is 30.4 Å². The monoisotopic (exact) mass is 315 g/mol. The Kier molecular flexibility index (Phi) is 3.43. The molecule has 0 bridgehead atoms. The summed E-state index contributed by atoms with van der Waals surface area (Å²) < 4.78 is 51.3. The second-order valence-corrected chi connectivity index (χ2v) is 5.39. The standard InChI is InChI=1S/C14H13F4N3O/c15-10-7-8(1-2-9(10)14(16,17)18)11-20-12(22)13(21-11)3-5-19-6-4-13/h1-2,7,19H,3-6H2,(H,20,21,22). The molecule has 118 valence electrons. The van der Waals surface area contributed by atoms with Crippen LogP contribution in [0.2, 0.25) is 0 Å². The Balaban J connectivity index is 1.94. The fraction of sp³-hybridized carbons (Fsp3) is 0.429. The van der Waals surface area contributed by atoms with E-state index in [9.17, 15) is 22.4 Å². The highest BCUT2D eigenvalue weighted by molar-refractivity contribution is 6.15. The SMILES string of the molecule is O=C1NC(c2ccc(C(F)(F)F)c(F)c2)=NC12CCNCC2. The highest BCUT2D eigenvalue weighted by atomic mass is 19.4. The van der Waals surface area contributed by atoms with Crippen LogP contribution in [-0.2, 0) is 11.0 Å². The quantitative estimate of drug-likeness (QED) is 0.777. The van der Waals surface area contributed by atoms with Crippen LogP contribution in [0.1, 0.15) is 24.0 Å². The van der Waals surface area contributed by atoms with Crippen LogP contribution in [0.15, 0.2) is 23.2 Å². The number of nitrogens with zero attached hydrogens (tertiary/aromatic N) is 1. The van der Waals surface area contributed by atoms with Gasteiger partial charge >= 0.3 is 6.18 Å². The average molecular weight is 315 g/mol. The van der Waals surface area contributed by atoms with Crippen molar-refractivity contribution in [2.24, 2.45) is 4.99 Å².